The van der Waals surface area contributed by atoms with Gasteiger partial charge >= 0.3 is 0 Å². The molecule has 3 atom stereocenters. The zero-order valence-electron chi connectivity index (χ0n) is 14.4. The van der Waals surface area contributed by atoms with E-state index >= 15 is 0 Å². The van der Waals surface area contributed by atoms with Crippen LogP contribution >= 0.6 is 0 Å². The van der Waals surface area contributed by atoms with E-state index in [2.05, 4.69) is 31.8 Å². The molecule has 4 rings (SSSR count). The Morgan fingerprint density at radius 1 is 1.26 bits per heavy atom. The summed E-state index contributed by atoms with van der Waals surface area (Å²) < 4.78 is 0. The monoisotopic (exact) mass is 306 g/mol. The van der Waals surface area contributed by atoms with Crippen LogP contribution in [0.4, 0.5) is 0 Å². The van der Waals surface area contributed by atoms with Crippen molar-refractivity contribution in [3.05, 3.63) is 34.4 Å². The first kappa shape index (κ1) is 15.0. The van der Waals surface area contributed by atoms with Crippen LogP contribution in [0.2, 0.25) is 0 Å². The number of ketones is 1. The average Bonchev–Trinajstić information content (AvgIpc) is 2.89. The molecule has 0 bridgehead atoms. The molecule has 120 valence electrons. The van der Waals surface area contributed by atoms with E-state index in [4.69, 9.17) is 0 Å². The highest BCUT2D eigenvalue weighted by atomic mass is 16.1. The fourth-order valence-electron chi connectivity index (χ4n) is 5.48. The zero-order chi connectivity index (χ0) is 16.0. The Hall–Kier alpha value is -1.55. The number of fused-ring (bicyclic) bond motifs is 4. The van der Waals surface area contributed by atoms with Crippen LogP contribution in [0, 0.1) is 29.1 Å². The molecule has 0 saturated heterocycles. The molecule has 0 aromatic carbocycles. The molecule has 0 unspecified atom stereocenters. The van der Waals surface area contributed by atoms with Crippen molar-refractivity contribution in [2.24, 2.45) is 17.3 Å². The summed E-state index contributed by atoms with van der Waals surface area (Å²) in [7, 11) is 0. The molecule has 0 aromatic rings. The Kier molecular flexibility index (Phi) is 3.60. The highest BCUT2D eigenvalue weighted by Crippen LogP contribution is 2.59. The van der Waals surface area contributed by atoms with Crippen LogP contribution in [0.3, 0.4) is 0 Å². The van der Waals surface area contributed by atoms with Crippen LogP contribution < -0.4 is 0 Å². The molecule has 0 amide bonds. The van der Waals surface area contributed by atoms with Gasteiger partial charge in [0.25, 0.3) is 0 Å². The van der Waals surface area contributed by atoms with Crippen molar-refractivity contribution in [2.45, 2.75) is 65.2 Å². The van der Waals surface area contributed by atoms with Crippen LogP contribution in [0.5, 0.6) is 0 Å². The maximum atomic E-state index is 11.7. The summed E-state index contributed by atoms with van der Waals surface area (Å²) in [5.74, 6) is 8.56. The van der Waals surface area contributed by atoms with Crippen molar-refractivity contribution in [1.29, 1.82) is 0 Å². The molecule has 0 spiro atoms. The standard InChI is InChI=1S/C22H26O/c1-3-4-5-16-7-11-21-20-9-6-15-14-17(23)8-10-18(15)19(20)12-13-22(16,21)2/h7,14,20-21H,3,6,8-13H2,1-2H3/t20-,21+,22-/m1/s1. The summed E-state index contributed by atoms with van der Waals surface area (Å²) >= 11 is 0. The zero-order valence-corrected chi connectivity index (χ0v) is 14.4. The first-order valence-corrected chi connectivity index (χ1v) is 9.28. The molecule has 0 N–H and O–H groups in total. The van der Waals surface area contributed by atoms with Gasteiger partial charge in [0.2, 0.25) is 0 Å². The van der Waals surface area contributed by atoms with Gasteiger partial charge in [0.15, 0.2) is 5.78 Å². The highest BCUT2D eigenvalue weighted by molar-refractivity contribution is 5.93. The van der Waals surface area contributed by atoms with E-state index in [1.54, 1.807) is 11.1 Å². The average molecular weight is 306 g/mol. The molecule has 0 aliphatic heterocycles. The molecular formula is C22H26O. The highest BCUT2D eigenvalue weighted by Gasteiger charge is 2.50. The molecule has 1 heteroatoms. The topological polar surface area (TPSA) is 17.1 Å². The number of carbonyl (C=O) groups is 1. The van der Waals surface area contributed by atoms with E-state index in [9.17, 15) is 4.79 Å². The lowest BCUT2D eigenvalue weighted by Gasteiger charge is -2.47. The van der Waals surface area contributed by atoms with Crippen LogP contribution in [0.25, 0.3) is 0 Å². The number of allylic oxidation sites excluding steroid dienone is 6. The molecule has 0 heterocycles. The van der Waals surface area contributed by atoms with Gasteiger partial charge in [-0.25, -0.2) is 0 Å². The Morgan fingerprint density at radius 3 is 2.96 bits per heavy atom. The molecule has 4 aliphatic rings. The van der Waals surface area contributed by atoms with E-state index in [1.807, 2.05) is 6.08 Å². The lowest BCUT2D eigenvalue weighted by molar-refractivity contribution is -0.114. The third-order valence-electron chi connectivity index (χ3n) is 6.71. The predicted molar refractivity (Wildman–Crippen MR) is 93.7 cm³/mol. The Morgan fingerprint density at radius 2 is 2.13 bits per heavy atom. The van der Waals surface area contributed by atoms with E-state index in [-0.39, 0.29) is 0 Å². The van der Waals surface area contributed by atoms with Gasteiger partial charge in [0.05, 0.1) is 0 Å². The summed E-state index contributed by atoms with van der Waals surface area (Å²) in [5, 5.41) is 0. The first-order valence-electron chi connectivity index (χ1n) is 9.28. The Labute approximate surface area is 139 Å². The number of hydrogen-bond acceptors (Lipinski definition) is 1. The quantitative estimate of drug-likeness (QED) is 0.566. The third-order valence-corrected chi connectivity index (χ3v) is 6.71. The summed E-state index contributed by atoms with van der Waals surface area (Å²) in [4.78, 5) is 11.7. The number of carbonyl (C=O) groups excluding carboxylic acids is 1. The summed E-state index contributed by atoms with van der Waals surface area (Å²) in [6.45, 7) is 4.59. The van der Waals surface area contributed by atoms with Crippen LogP contribution in [-0.4, -0.2) is 5.78 Å². The van der Waals surface area contributed by atoms with E-state index in [1.165, 1.54) is 36.8 Å². The minimum Gasteiger partial charge on any atom is -0.295 e. The van der Waals surface area contributed by atoms with Crippen molar-refractivity contribution >= 4 is 5.78 Å². The van der Waals surface area contributed by atoms with Crippen LogP contribution in [-0.2, 0) is 4.79 Å². The van der Waals surface area contributed by atoms with E-state index < -0.39 is 0 Å². The molecule has 1 fully saturated rings. The Bertz CT molecular complexity index is 706. The molecule has 23 heavy (non-hydrogen) atoms. The smallest absolute Gasteiger partial charge is 0.156 e. The SMILES string of the molecule is CCC#CC1=CC[C@H]2[C@@H]3CCC4=CC(=O)CCC4=C3CC[C@]12C. The second kappa shape index (κ2) is 5.52. The maximum absolute atomic E-state index is 11.7. The lowest BCUT2D eigenvalue weighted by atomic mass is 9.56. The van der Waals surface area contributed by atoms with Crippen molar-refractivity contribution in [3.63, 3.8) is 0 Å². The molecule has 1 saturated carbocycles. The second-order valence-electron chi connectivity index (χ2n) is 7.82. The van der Waals surface area contributed by atoms with Gasteiger partial charge in [-0.1, -0.05) is 37.3 Å². The second-order valence-corrected chi connectivity index (χ2v) is 7.82. The van der Waals surface area contributed by atoms with Crippen molar-refractivity contribution in [3.8, 4) is 11.8 Å². The maximum Gasteiger partial charge on any atom is 0.156 e. The molecule has 0 aromatic heterocycles. The van der Waals surface area contributed by atoms with E-state index in [0.717, 1.165) is 37.5 Å². The predicted octanol–water partition coefficient (Wildman–Crippen LogP) is 5.14. The van der Waals surface area contributed by atoms with Gasteiger partial charge in [-0.05, 0) is 67.6 Å². The summed E-state index contributed by atoms with van der Waals surface area (Å²) in [6, 6.07) is 0. The minimum atomic E-state index is 0.294. The van der Waals surface area contributed by atoms with Gasteiger partial charge < -0.3 is 0 Å². The van der Waals surface area contributed by atoms with Crippen molar-refractivity contribution in [2.75, 3.05) is 0 Å². The summed E-state index contributed by atoms with van der Waals surface area (Å²) in [6.07, 6.45) is 13.0. The number of rotatable bonds is 0. The fourth-order valence-corrected chi connectivity index (χ4v) is 5.48. The van der Waals surface area contributed by atoms with Gasteiger partial charge in [-0.2, -0.15) is 0 Å². The minimum absolute atomic E-state index is 0.294. The van der Waals surface area contributed by atoms with Gasteiger partial charge in [0, 0.05) is 23.8 Å². The molecule has 1 nitrogen and oxygen atoms in total. The van der Waals surface area contributed by atoms with Gasteiger partial charge in [-0.3, -0.25) is 4.79 Å². The van der Waals surface area contributed by atoms with Gasteiger partial charge in [-0.15, -0.1) is 0 Å². The van der Waals surface area contributed by atoms with Crippen molar-refractivity contribution < 1.29 is 4.79 Å². The fraction of sp³-hybridized carbons (Fsp3) is 0.591. The van der Waals surface area contributed by atoms with Crippen LogP contribution in [0.1, 0.15) is 65.2 Å². The number of hydrogen-bond donors (Lipinski definition) is 0. The van der Waals surface area contributed by atoms with E-state index in [0.29, 0.717) is 11.2 Å². The molecule has 4 aliphatic carbocycles. The summed E-state index contributed by atoms with van der Waals surface area (Å²) in [5.41, 5.74) is 6.34. The molecular weight excluding hydrogens is 280 g/mol. The van der Waals surface area contributed by atoms with Crippen molar-refractivity contribution in [1.82, 2.24) is 0 Å². The van der Waals surface area contributed by atoms with Gasteiger partial charge in [0.1, 0.15) is 0 Å². The Balaban J connectivity index is 1.68. The normalized spacial score (nSPS) is 35.5. The lowest BCUT2D eigenvalue weighted by Crippen LogP contribution is -2.38. The third kappa shape index (κ3) is 2.26. The molecule has 0 radical (unpaired) electrons. The first-order chi connectivity index (χ1) is 11.1. The van der Waals surface area contributed by atoms with Crippen LogP contribution in [0.15, 0.2) is 34.4 Å². The largest absolute Gasteiger partial charge is 0.295 e.